The zero-order valence-electron chi connectivity index (χ0n) is 12.5. The Hall–Kier alpha value is -0.950. The molecule has 2 aliphatic heterocycles. The van der Waals surface area contributed by atoms with E-state index in [9.17, 15) is 9.59 Å². The summed E-state index contributed by atoms with van der Waals surface area (Å²) in [5.41, 5.74) is 0. The van der Waals surface area contributed by atoms with E-state index < -0.39 is 12.0 Å². The maximum Gasteiger partial charge on any atom is 0.326 e. The third kappa shape index (κ3) is 4.51. The van der Waals surface area contributed by atoms with Gasteiger partial charge in [-0.05, 0) is 44.2 Å². The second kappa shape index (κ2) is 7.89. The Morgan fingerprint density at radius 3 is 2.86 bits per heavy atom. The molecule has 2 aliphatic rings. The minimum atomic E-state index is -0.968. The lowest BCUT2D eigenvalue weighted by atomic mass is 9.99. The van der Waals surface area contributed by atoms with Crippen LogP contribution >= 0.6 is 11.8 Å². The summed E-state index contributed by atoms with van der Waals surface area (Å²) in [4.78, 5) is 25.6. The average Bonchev–Trinajstić information content (AvgIpc) is 2.86. The smallest absolute Gasteiger partial charge is 0.326 e. The first-order valence-corrected chi connectivity index (χ1v) is 9.04. The van der Waals surface area contributed by atoms with Gasteiger partial charge in [0.05, 0.1) is 0 Å². The number of hydrogen-bond acceptors (Lipinski definition) is 4. The minimum absolute atomic E-state index is 0.153. The molecule has 2 fully saturated rings. The summed E-state index contributed by atoms with van der Waals surface area (Å²) in [6.45, 7) is 2.15. The number of hydrogen-bond donors (Lipinski definition) is 3. The second-order valence-electron chi connectivity index (χ2n) is 5.78. The number of carboxylic acids is 1. The molecule has 3 atom stereocenters. The largest absolute Gasteiger partial charge is 0.480 e. The van der Waals surface area contributed by atoms with Crippen molar-refractivity contribution in [2.45, 2.75) is 50.2 Å². The van der Waals surface area contributed by atoms with E-state index in [4.69, 9.17) is 5.11 Å². The van der Waals surface area contributed by atoms with Gasteiger partial charge in [0.15, 0.2) is 0 Å². The number of amides is 2. The van der Waals surface area contributed by atoms with Gasteiger partial charge < -0.3 is 15.7 Å². The molecule has 0 aliphatic carbocycles. The molecule has 0 aromatic heterocycles. The predicted octanol–water partition coefficient (Wildman–Crippen LogP) is 1.12. The first kappa shape index (κ1) is 16.4. The van der Waals surface area contributed by atoms with Crippen LogP contribution < -0.4 is 10.6 Å². The van der Waals surface area contributed by atoms with E-state index in [0.717, 1.165) is 31.7 Å². The summed E-state index contributed by atoms with van der Waals surface area (Å²) in [5, 5.41) is 14.7. The molecule has 2 rings (SSSR count). The maximum atomic E-state index is 12.0. The highest BCUT2D eigenvalue weighted by atomic mass is 32.2. The highest BCUT2D eigenvalue weighted by molar-refractivity contribution is 7.98. The molecule has 7 heteroatoms. The van der Waals surface area contributed by atoms with Crippen LogP contribution in [-0.2, 0) is 4.79 Å². The molecule has 0 aromatic carbocycles. The van der Waals surface area contributed by atoms with Gasteiger partial charge in [0, 0.05) is 18.6 Å². The zero-order valence-corrected chi connectivity index (χ0v) is 13.3. The van der Waals surface area contributed by atoms with Crippen molar-refractivity contribution < 1.29 is 14.7 Å². The number of carboxylic acid groups (broad SMARTS) is 1. The molecule has 0 radical (unpaired) electrons. The topological polar surface area (TPSA) is 81.7 Å². The number of fused-ring (bicyclic) bond motifs is 1. The summed E-state index contributed by atoms with van der Waals surface area (Å²) in [6, 6.07) is -0.568. The molecule has 2 heterocycles. The first-order chi connectivity index (χ1) is 10.1. The fraction of sp³-hybridized carbons (Fsp3) is 0.857. The number of carbonyl (C=O) groups excluding carboxylic acids is 1. The molecular weight excluding hydrogens is 290 g/mol. The molecule has 0 saturated carbocycles. The standard InChI is InChI=1S/C14H25N3O3S/c1-21-9-6-11(13(18)19)16-14(20)15-10-5-8-17-7-3-2-4-12(10)17/h10-12H,2-9H2,1H3,(H,18,19)(H2,15,16,20). The third-order valence-electron chi connectivity index (χ3n) is 4.39. The quantitative estimate of drug-likeness (QED) is 0.684. The number of aliphatic carboxylic acids is 1. The van der Waals surface area contributed by atoms with Gasteiger partial charge in [-0.2, -0.15) is 11.8 Å². The summed E-state index contributed by atoms with van der Waals surface area (Å²) in [5.74, 6) is -0.248. The Bertz CT molecular complexity index is 380. The van der Waals surface area contributed by atoms with E-state index in [1.807, 2.05) is 6.26 Å². The van der Waals surface area contributed by atoms with Crippen molar-refractivity contribution in [1.82, 2.24) is 15.5 Å². The SMILES string of the molecule is CSCCC(NC(=O)NC1CCN2CCCCC12)C(=O)O. The minimum Gasteiger partial charge on any atom is -0.480 e. The molecular formula is C14H25N3O3S. The van der Waals surface area contributed by atoms with Crippen LogP contribution in [-0.4, -0.2) is 65.2 Å². The van der Waals surface area contributed by atoms with Crippen LogP contribution in [0.1, 0.15) is 32.1 Å². The Balaban J connectivity index is 1.81. The number of nitrogens with zero attached hydrogens (tertiary/aromatic N) is 1. The molecule has 120 valence electrons. The predicted molar refractivity (Wildman–Crippen MR) is 83.7 cm³/mol. The van der Waals surface area contributed by atoms with Gasteiger partial charge in [-0.25, -0.2) is 9.59 Å². The van der Waals surface area contributed by atoms with Crippen molar-refractivity contribution in [3.63, 3.8) is 0 Å². The number of rotatable bonds is 6. The van der Waals surface area contributed by atoms with Gasteiger partial charge in [0.25, 0.3) is 0 Å². The first-order valence-electron chi connectivity index (χ1n) is 7.64. The van der Waals surface area contributed by atoms with Gasteiger partial charge in [-0.15, -0.1) is 0 Å². The van der Waals surface area contributed by atoms with Crippen molar-refractivity contribution >= 4 is 23.8 Å². The van der Waals surface area contributed by atoms with E-state index in [1.165, 1.54) is 12.8 Å². The maximum absolute atomic E-state index is 12.0. The number of urea groups is 1. The van der Waals surface area contributed by atoms with E-state index in [0.29, 0.717) is 12.5 Å². The van der Waals surface area contributed by atoms with Crippen molar-refractivity contribution in [2.24, 2.45) is 0 Å². The van der Waals surface area contributed by atoms with Crippen molar-refractivity contribution in [3.05, 3.63) is 0 Å². The van der Waals surface area contributed by atoms with E-state index in [2.05, 4.69) is 15.5 Å². The number of carbonyl (C=O) groups is 2. The van der Waals surface area contributed by atoms with Crippen molar-refractivity contribution in [1.29, 1.82) is 0 Å². The van der Waals surface area contributed by atoms with E-state index in [1.54, 1.807) is 11.8 Å². The Kier molecular flexibility index (Phi) is 6.17. The molecule has 21 heavy (non-hydrogen) atoms. The molecule has 3 N–H and O–H groups in total. The number of thioether (sulfide) groups is 1. The lowest BCUT2D eigenvalue weighted by molar-refractivity contribution is -0.139. The summed E-state index contributed by atoms with van der Waals surface area (Å²) in [6.07, 6.45) is 6.91. The van der Waals surface area contributed by atoms with E-state index in [-0.39, 0.29) is 12.1 Å². The van der Waals surface area contributed by atoms with Crippen molar-refractivity contribution in [3.8, 4) is 0 Å². The van der Waals surface area contributed by atoms with Crippen LogP contribution in [0.25, 0.3) is 0 Å². The number of nitrogens with one attached hydrogen (secondary N) is 2. The van der Waals surface area contributed by atoms with Gasteiger partial charge in [0.1, 0.15) is 6.04 Å². The second-order valence-corrected chi connectivity index (χ2v) is 6.77. The fourth-order valence-corrected chi connectivity index (χ4v) is 3.75. The summed E-state index contributed by atoms with van der Waals surface area (Å²) < 4.78 is 0. The van der Waals surface area contributed by atoms with Crippen LogP contribution in [0.3, 0.4) is 0 Å². The van der Waals surface area contributed by atoms with Crippen LogP contribution in [0.5, 0.6) is 0 Å². The molecule has 3 unspecified atom stereocenters. The summed E-state index contributed by atoms with van der Waals surface area (Å²) in [7, 11) is 0. The van der Waals surface area contributed by atoms with Gasteiger partial charge in [-0.1, -0.05) is 6.42 Å². The lowest BCUT2D eigenvalue weighted by Gasteiger charge is -2.32. The van der Waals surface area contributed by atoms with Crippen LogP contribution in [0.4, 0.5) is 4.79 Å². The van der Waals surface area contributed by atoms with Crippen LogP contribution in [0.2, 0.25) is 0 Å². The Morgan fingerprint density at radius 2 is 2.14 bits per heavy atom. The zero-order chi connectivity index (χ0) is 15.2. The molecule has 0 spiro atoms. The van der Waals surface area contributed by atoms with Gasteiger partial charge in [-0.3, -0.25) is 4.90 Å². The Labute approximate surface area is 130 Å². The third-order valence-corrected chi connectivity index (χ3v) is 5.03. The summed E-state index contributed by atoms with van der Waals surface area (Å²) >= 11 is 1.58. The molecule has 6 nitrogen and oxygen atoms in total. The number of piperidine rings is 1. The highest BCUT2D eigenvalue weighted by Gasteiger charge is 2.36. The fourth-order valence-electron chi connectivity index (χ4n) is 3.28. The molecule has 2 saturated heterocycles. The van der Waals surface area contributed by atoms with Gasteiger partial charge in [0.2, 0.25) is 0 Å². The van der Waals surface area contributed by atoms with Crippen molar-refractivity contribution in [2.75, 3.05) is 25.1 Å². The molecule has 0 aromatic rings. The highest BCUT2D eigenvalue weighted by Crippen LogP contribution is 2.26. The normalized spacial score (nSPS) is 26.9. The molecule has 2 amide bonds. The molecule has 0 bridgehead atoms. The monoisotopic (exact) mass is 315 g/mol. The van der Waals surface area contributed by atoms with Crippen LogP contribution in [0, 0.1) is 0 Å². The van der Waals surface area contributed by atoms with E-state index >= 15 is 0 Å². The van der Waals surface area contributed by atoms with Crippen LogP contribution in [0.15, 0.2) is 0 Å². The van der Waals surface area contributed by atoms with Gasteiger partial charge >= 0.3 is 12.0 Å². The Morgan fingerprint density at radius 1 is 1.33 bits per heavy atom. The lowest BCUT2D eigenvalue weighted by Crippen LogP contribution is -2.53. The average molecular weight is 315 g/mol.